The van der Waals surface area contributed by atoms with E-state index < -0.39 is 0 Å². The van der Waals surface area contributed by atoms with Crippen LogP contribution >= 0.6 is 15.9 Å². The van der Waals surface area contributed by atoms with Gasteiger partial charge in [0.2, 0.25) is 5.91 Å². The van der Waals surface area contributed by atoms with Gasteiger partial charge in [-0.3, -0.25) is 4.79 Å². The summed E-state index contributed by atoms with van der Waals surface area (Å²) in [5.74, 6) is 0.825. The standard InChI is InChI=1S/C12H10BrN5O/c13-10-11(14)15-6-16-12(10)18-5-9(19)17-7-3-1-2-4-8(7)18/h1-4,6H,5H2,(H,17,19)(H2,14,15,16). The summed E-state index contributed by atoms with van der Waals surface area (Å²) in [7, 11) is 0. The van der Waals surface area contributed by atoms with E-state index in [1.807, 2.05) is 24.3 Å². The lowest BCUT2D eigenvalue weighted by Gasteiger charge is -2.30. The van der Waals surface area contributed by atoms with Gasteiger partial charge in [-0.05, 0) is 28.1 Å². The molecule has 3 rings (SSSR count). The SMILES string of the molecule is Nc1ncnc(N2CC(=O)Nc3ccccc32)c1Br. The lowest BCUT2D eigenvalue weighted by Crippen LogP contribution is -2.35. The number of nitrogen functional groups attached to an aromatic ring is 1. The molecule has 2 heterocycles. The highest BCUT2D eigenvalue weighted by molar-refractivity contribution is 9.10. The van der Waals surface area contributed by atoms with E-state index in [-0.39, 0.29) is 12.5 Å². The molecule has 0 aliphatic carbocycles. The number of carbonyl (C=O) groups is 1. The quantitative estimate of drug-likeness (QED) is 0.838. The number of fused-ring (bicyclic) bond motifs is 1. The van der Waals surface area contributed by atoms with Crippen LogP contribution < -0.4 is 16.0 Å². The summed E-state index contributed by atoms with van der Waals surface area (Å²) in [5, 5.41) is 2.82. The summed E-state index contributed by atoms with van der Waals surface area (Å²) < 4.78 is 0.583. The lowest BCUT2D eigenvalue weighted by molar-refractivity contribution is -0.115. The smallest absolute Gasteiger partial charge is 0.244 e. The van der Waals surface area contributed by atoms with Gasteiger partial charge in [-0.15, -0.1) is 0 Å². The summed E-state index contributed by atoms with van der Waals surface area (Å²) in [5.41, 5.74) is 7.39. The normalized spacial score (nSPS) is 13.9. The summed E-state index contributed by atoms with van der Waals surface area (Å²) in [6.45, 7) is 0.187. The van der Waals surface area contributed by atoms with Crippen LogP contribution in [0.1, 0.15) is 0 Å². The van der Waals surface area contributed by atoms with Gasteiger partial charge in [-0.25, -0.2) is 9.97 Å². The third-order valence-corrected chi connectivity index (χ3v) is 3.59. The molecular weight excluding hydrogens is 310 g/mol. The van der Waals surface area contributed by atoms with E-state index in [2.05, 4.69) is 31.2 Å². The van der Waals surface area contributed by atoms with Crippen LogP contribution in [0.3, 0.4) is 0 Å². The zero-order chi connectivity index (χ0) is 13.4. The number of halogens is 1. The zero-order valence-corrected chi connectivity index (χ0v) is 11.4. The molecule has 0 bridgehead atoms. The highest BCUT2D eigenvalue weighted by atomic mass is 79.9. The van der Waals surface area contributed by atoms with Gasteiger partial charge in [0.05, 0.1) is 11.4 Å². The van der Waals surface area contributed by atoms with Crippen molar-refractivity contribution in [3.05, 3.63) is 35.1 Å². The van der Waals surface area contributed by atoms with Crippen molar-refractivity contribution in [1.82, 2.24) is 9.97 Å². The van der Waals surface area contributed by atoms with E-state index in [9.17, 15) is 4.79 Å². The first-order valence-electron chi connectivity index (χ1n) is 5.59. The number of hydrogen-bond acceptors (Lipinski definition) is 5. The molecule has 6 nitrogen and oxygen atoms in total. The maximum atomic E-state index is 11.8. The molecule has 0 radical (unpaired) electrons. The van der Waals surface area contributed by atoms with Crippen molar-refractivity contribution in [2.24, 2.45) is 0 Å². The number of aromatic nitrogens is 2. The fourth-order valence-electron chi connectivity index (χ4n) is 1.98. The second-order valence-electron chi connectivity index (χ2n) is 4.05. The van der Waals surface area contributed by atoms with Gasteiger partial charge in [0.25, 0.3) is 0 Å². The number of nitrogens with two attached hydrogens (primary N) is 1. The number of carbonyl (C=O) groups excluding carboxylic acids is 1. The van der Waals surface area contributed by atoms with Crippen LogP contribution in [0.5, 0.6) is 0 Å². The Bertz CT molecular complexity index is 660. The van der Waals surface area contributed by atoms with E-state index in [4.69, 9.17) is 5.73 Å². The molecule has 0 spiro atoms. The Kier molecular flexibility index (Phi) is 2.83. The van der Waals surface area contributed by atoms with Gasteiger partial charge >= 0.3 is 0 Å². The Morgan fingerprint density at radius 2 is 2.11 bits per heavy atom. The van der Waals surface area contributed by atoms with Crippen molar-refractivity contribution in [3.8, 4) is 0 Å². The van der Waals surface area contributed by atoms with Gasteiger partial charge in [0.1, 0.15) is 23.2 Å². The van der Waals surface area contributed by atoms with Crippen LogP contribution in [0.4, 0.5) is 23.0 Å². The summed E-state index contributed by atoms with van der Waals surface area (Å²) in [6, 6.07) is 7.53. The Balaban J connectivity index is 2.15. The van der Waals surface area contributed by atoms with Crippen LogP contribution in [0.2, 0.25) is 0 Å². The first-order chi connectivity index (χ1) is 9.16. The zero-order valence-electron chi connectivity index (χ0n) is 9.80. The van der Waals surface area contributed by atoms with Gasteiger partial charge in [0, 0.05) is 0 Å². The van der Waals surface area contributed by atoms with E-state index in [0.717, 1.165) is 11.4 Å². The van der Waals surface area contributed by atoms with Gasteiger partial charge < -0.3 is 16.0 Å². The third-order valence-electron chi connectivity index (χ3n) is 2.82. The molecule has 0 saturated heterocycles. The van der Waals surface area contributed by atoms with E-state index >= 15 is 0 Å². The largest absolute Gasteiger partial charge is 0.383 e. The second-order valence-corrected chi connectivity index (χ2v) is 4.84. The van der Waals surface area contributed by atoms with Crippen LogP contribution in [-0.4, -0.2) is 22.4 Å². The molecule has 0 fully saturated rings. The number of rotatable bonds is 1. The van der Waals surface area contributed by atoms with E-state index in [1.54, 1.807) is 4.90 Å². The summed E-state index contributed by atoms with van der Waals surface area (Å²) in [4.78, 5) is 21.7. The maximum absolute atomic E-state index is 11.8. The van der Waals surface area contributed by atoms with Crippen molar-refractivity contribution in [2.75, 3.05) is 22.5 Å². The Morgan fingerprint density at radius 1 is 1.32 bits per heavy atom. The second kappa shape index (κ2) is 4.51. The number of benzene rings is 1. The molecule has 3 N–H and O–H groups in total. The number of nitrogens with one attached hydrogen (secondary N) is 1. The van der Waals surface area contributed by atoms with Crippen LogP contribution in [-0.2, 0) is 4.79 Å². The molecule has 2 aromatic rings. The molecule has 0 unspecified atom stereocenters. The fourth-order valence-corrected chi connectivity index (χ4v) is 2.40. The van der Waals surface area contributed by atoms with Gasteiger partial charge in [0.15, 0.2) is 5.82 Å². The molecule has 1 aliphatic heterocycles. The first-order valence-corrected chi connectivity index (χ1v) is 6.38. The third kappa shape index (κ3) is 2.01. The van der Waals surface area contributed by atoms with Crippen molar-refractivity contribution in [1.29, 1.82) is 0 Å². The lowest BCUT2D eigenvalue weighted by atomic mass is 10.2. The topological polar surface area (TPSA) is 84.1 Å². The highest BCUT2D eigenvalue weighted by Crippen LogP contribution is 2.37. The van der Waals surface area contributed by atoms with Crippen molar-refractivity contribution < 1.29 is 4.79 Å². The van der Waals surface area contributed by atoms with Crippen molar-refractivity contribution in [2.45, 2.75) is 0 Å². The average molecular weight is 320 g/mol. The van der Waals surface area contributed by atoms with Crippen LogP contribution in [0.25, 0.3) is 0 Å². The Labute approximate surface area is 117 Å². The molecule has 1 amide bonds. The molecule has 96 valence electrons. The Hall–Kier alpha value is -2.15. The maximum Gasteiger partial charge on any atom is 0.244 e. The monoisotopic (exact) mass is 319 g/mol. The molecule has 1 aliphatic rings. The van der Waals surface area contributed by atoms with Crippen molar-refractivity contribution >= 4 is 44.8 Å². The predicted octanol–water partition coefficient (Wildman–Crippen LogP) is 1.91. The number of amides is 1. The molecule has 19 heavy (non-hydrogen) atoms. The minimum absolute atomic E-state index is 0.0946. The molecule has 0 atom stereocenters. The molecule has 1 aromatic carbocycles. The van der Waals surface area contributed by atoms with E-state index in [1.165, 1.54) is 6.33 Å². The van der Waals surface area contributed by atoms with Gasteiger partial charge in [-0.1, -0.05) is 12.1 Å². The van der Waals surface area contributed by atoms with Gasteiger partial charge in [-0.2, -0.15) is 0 Å². The minimum Gasteiger partial charge on any atom is -0.383 e. The summed E-state index contributed by atoms with van der Waals surface area (Å²) >= 11 is 3.36. The Morgan fingerprint density at radius 3 is 2.95 bits per heavy atom. The van der Waals surface area contributed by atoms with Crippen molar-refractivity contribution in [3.63, 3.8) is 0 Å². The van der Waals surface area contributed by atoms with Crippen LogP contribution in [0.15, 0.2) is 35.1 Å². The number of anilines is 4. The molecule has 7 heteroatoms. The summed E-state index contributed by atoms with van der Waals surface area (Å²) in [6.07, 6.45) is 1.38. The van der Waals surface area contributed by atoms with E-state index in [0.29, 0.717) is 16.1 Å². The molecular formula is C12H10BrN5O. The minimum atomic E-state index is -0.0946. The predicted molar refractivity (Wildman–Crippen MR) is 76.2 cm³/mol. The molecule has 1 aromatic heterocycles. The average Bonchev–Trinajstić information content (AvgIpc) is 2.41. The van der Waals surface area contributed by atoms with Crippen LogP contribution in [0, 0.1) is 0 Å². The fraction of sp³-hybridized carbons (Fsp3) is 0.0833. The first kappa shape index (κ1) is 11.9. The number of nitrogens with zero attached hydrogens (tertiary/aromatic N) is 3. The highest BCUT2D eigenvalue weighted by Gasteiger charge is 2.25. The molecule has 0 saturated carbocycles. The number of hydrogen-bond donors (Lipinski definition) is 2. The number of para-hydroxylation sites is 2.